The minimum atomic E-state index is -3.93. The lowest BCUT2D eigenvalue weighted by molar-refractivity contribution is 0.0690. The number of aromatic nitrogens is 2. The number of hydrogen-bond acceptors (Lipinski definition) is 6. The summed E-state index contributed by atoms with van der Waals surface area (Å²) in [5.41, 5.74) is 2.36. The number of carboxylic acid groups (broad SMARTS) is 1. The molecule has 0 unspecified atom stereocenters. The van der Waals surface area contributed by atoms with Crippen LogP contribution in [0.1, 0.15) is 21.6 Å². The van der Waals surface area contributed by atoms with Gasteiger partial charge in [0.1, 0.15) is 5.69 Å². The van der Waals surface area contributed by atoms with Crippen molar-refractivity contribution in [2.24, 2.45) is 0 Å². The molecule has 4 rings (SSSR count). The molecular weight excluding hydrogens is 466 g/mol. The number of nitrogens with one attached hydrogen (secondary N) is 1. The number of carboxylic acids is 1. The van der Waals surface area contributed by atoms with E-state index in [-0.39, 0.29) is 10.6 Å². The van der Waals surface area contributed by atoms with Gasteiger partial charge in [0, 0.05) is 29.0 Å². The van der Waals surface area contributed by atoms with Crippen LogP contribution in [0.2, 0.25) is 0 Å². The summed E-state index contributed by atoms with van der Waals surface area (Å²) in [6.45, 7) is 0. The number of ether oxygens (including phenoxy) is 1. The first-order valence-corrected chi connectivity index (χ1v) is 11.8. The fourth-order valence-corrected chi connectivity index (χ4v) is 4.26. The van der Waals surface area contributed by atoms with Gasteiger partial charge in [-0.1, -0.05) is 42.2 Å². The molecule has 0 amide bonds. The molecule has 0 spiro atoms. The third-order valence-corrected chi connectivity index (χ3v) is 6.23. The fourth-order valence-electron chi connectivity index (χ4n) is 3.13. The molecule has 2 aromatic heterocycles. The van der Waals surface area contributed by atoms with E-state index in [9.17, 15) is 13.2 Å². The standard InChI is InChI=1S/C26H19N3O5S/c1-34-25-11-5-10-22(28-25)20-7-4-8-21(16-20)35(32,33)29-23-9-3-2-6-19(23)14-12-18-13-15-24(26(30)31)27-17-18/h2-11,13,15-17,29H,1H3,(H,30,31). The van der Waals surface area contributed by atoms with Crippen LogP contribution in [0.15, 0.2) is 90.0 Å². The number of carbonyl (C=O) groups is 1. The topological polar surface area (TPSA) is 118 Å². The molecule has 2 N–H and O–H groups in total. The van der Waals surface area contributed by atoms with Gasteiger partial charge in [0.15, 0.2) is 0 Å². The predicted molar refractivity (Wildman–Crippen MR) is 131 cm³/mol. The molecule has 0 aliphatic carbocycles. The molecular formula is C26H19N3O5S. The number of methoxy groups -OCH3 is 1. The van der Waals surface area contributed by atoms with E-state index in [1.165, 1.54) is 37.6 Å². The quantitative estimate of drug-likeness (QED) is 0.396. The Morgan fingerprint density at radius 1 is 0.971 bits per heavy atom. The monoisotopic (exact) mass is 485 g/mol. The predicted octanol–water partition coefficient (Wildman–Crippen LogP) is 4.05. The molecule has 0 bridgehead atoms. The van der Waals surface area contributed by atoms with Crippen LogP contribution in [-0.2, 0) is 10.0 Å². The molecule has 0 fully saturated rings. The van der Waals surface area contributed by atoms with Crippen LogP contribution in [0.3, 0.4) is 0 Å². The van der Waals surface area contributed by atoms with Gasteiger partial charge < -0.3 is 9.84 Å². The van der Waals surface area contributed by atoms with Crippen LogP contribution in [0.25, 0.3) is 11.3 Å². The van der Waals surface area contributed by atoms with Gasteiger partial charge in [-0.25, -0.2) is 23.2 Å². The van der Waals surface area contributed by atoms with Crippen LogP contribution in [0, 0.1) is 11.8 Å². The van der Waals surface area contributed by atoms with Gasteiger partial charge >= 0.3 is 5.97 Å². The van der Waals surface area contributed by atoms with E-state index < -0.39 is 16.0 Å². The minimum Gasteiger partial charge on any atom is -0.481 e. The average Bonchev–Trinajstić information content (AvgIpc) is 2.88. The first-order chi connectivity index (χ1) is 16.9. The maximum atomic E-state index is 13.2. The number of benzene rings is 2. The second-order valence-electron chi connectivity index (χ2n) is 7.23. The molecule has 0 saturated heterocycles. The molecule has 2 heterocycles. The van der Waals surface area contributed by atoms with E-state index in [1.54, 1.807) is 54.6 Å². The SMILES string of the molecule is COc1cccc(-c2cccc(S(=O)(=O)Nc3ccccc3C#Cc3ccc(C(=O)O)nc3)c2)n1. The van der Waals surface area contributed by atoms with Crippen molar-refractivity contribution in [3.05, 3.63) is 102 Å². The Labute approximate surface area is 202 Å². The molecule has 8 nitrogen and oxygen atoms in total. The third-order valence-electron chi connectivity index (χ3n) is 4.87. The van der Waals surface area contributed by atoms with Crippen molar-refractivity contribution in [3.63, 3.8) is 0 Å². The lowest BCUT2D eigenvalue weighted by Gasteiger charge is -2.11. The van der Waals surface area contributed by atoms with E-state index in [0.29, 0.717) is 34.0 Å². The Morgan fingerprint density at radius 2 is 1.77 bits per heavy atom. The molecule has 0 saturated carbocycles. The molecule has 4 aromatic rings. The highest BCUT2D eigenvalue weighted by Crippen LogP contribution is 2.25. The molecule has 174 valence electrons. The minimum absolute atomic E-state index is 0.0656. The molecule has 35 heavy (non-hydrogen) atoms. The van der Waals surface area contributed by atoms with Gasteiger partial charge in [0.25, 0.3) is 10.0 Å². The Balaban J connectivity index is 1.61. The van der Waals surface area contributed by atoms with Crippen molar-refractivity contribution in [2.75, 3.05) is 11.8 Å². The maximum Gasteiger partial charge on any atom is 0.354 e. The van der Waals surface area contributed by atoms with Crippen molar-refractivity contribution < 1.29 is 23.1 Å². The Morgan fingerprint density at radius 3 is 2.51 bits per heavy atom. The first kappa shape index (κ1) is 23.5. The number of rotatable bonds is 6. The van der Waals surface area contributed by atoms with Crippen molar-refractivity contribution in [1.29, 1.82) is 0 Å². The lowest BCUT2D eigenvalue weighted by Crippen LogP contribution is -2.14. The smallest absolute Gasteiger partial charge is 0.354 e. The van der Waals surface area contributed by atoms with E-state index in [2.05, 4.69) is 26.5 Å². The van der Waals surface area contributed by atoms with Crippen molar-refractivity contribution in [3.8, 4) is 29.0 Å². The lowest BCUT2D eigenvalue weighted by atomic mass is 10.1. The van der Waals surface area contributed by atoms with Crippen molar-refractivity contribution in [1.82, 2.24) is 9.97 Å². The highest BCUT2D eigenvalue weighted by Gasteiger charge is 2.17. The summed E-state index contributed by atoms with van der Waals surface area (Å²) in [7, 11) is -2.42. The highest BCUT2D eigenvalue weighted by molar-refractivity contribution is 7.92. The summed E-state index contributed by atoms with van der Waals surface area (Å²) in [6, 6.07) is 21.3. The van der Waals surface area contributed by atoms with Gasteiger partial charge in [-0.3, -0.25) is 4.72 Å². The Bertz CT molecular complexity index is 1560. The Kier molecular flexibility index (Phi) is 6.76. The molecule has 9 heteroatoms. The van der Waals surface area contributed by atoms with Gasteiger partial charge in [-0.05, 0) is 42.5 Å². The number of para-hydroxylation sites is 1. The zero-order chi connectivity index (χ0) is 24.8. The molecule has 0 aliphatic heterocycles. The second kappa shape index (κ2) is 10.1. The van der Waals surface area contributed by atoms with Crippen LogP contribution in [0.5, 0.6) is 5.88 Å². The van der Waals surface area contributed by atoms with Crippen LogP contribution >= 0.6 is 0 Å². The molecule has 2 aromatic carbocycles. The van der Waals surface area contributed by atoms with E-state index in [4.69, 9.17) is 9.84 Å². The second-order valence-corrected chi connectivity index (χ2v) is 8.91. The van der Waals surface area contributed by atoms with Crippen molar-refractivity contribution >= 4 is 21.7 Å². The molecule has 0 atom stereocenters. The van der Waals surface area contributed by atoms with E-state index in [0.717, 1.165) is 0 Å². The fraction of sp³-hybridized carbons (Fsp3) is 0.0385. The number of nitrogens with zero attached hydrogens (tertiary/aromatic N) is 2. The highest BCUT2D eigenvalue weighted by atomic mass is 32.2. The number of anilines is 1. The summed E-state index contributed by atoms with van der Waals surface area (Å²) in [5, 5.41) is 8.95. The first-order valence-electron chi connectivity index (χ1n) is 10.3. The summed E-state index contributed by atoms with van der Waals surface area (Å²) in [6.07, 6.45) is 1.35. The summed E-state index contributed by atoms with van der Waals surface area (Å²) >= 11 is 0. The van der Waals surface area contributed by atoms with Crippen molar-refractivity contribution in [2.45, 2.75) is 4.90 Å². The molecule has 0 radical (unpaired) electrons. The van der Waals surface area contributed by atoms with Crippen LogP contribution in [-0.4, -0.2) is 36.6 Å². The zero-order valence-electron chi connectivity index (χ0n) is 18.5. The van der Waals surface area contributed by atoms with Crippen LogP contribution < -0.4 is 9.46 Å². The van der Waals surface area contributed by atoms with Gasteiger partial charge in [-0.15, -0.1) is 0 Å². The maximum absolute atomic E-state index is 13.2. The van der Waals surface area contributed by atoms with Crippen LogP contribution in [0.4, 0.5) is 5.69 Å². The normalized spacial score (nSPS) is 10.7. The number of aromatic carboxylic acids is 1. The number of pyridine rings is 2. The summed E-state index contributed by atoms with van der Waals surface area (Å²) in [5.74, 6) is 5.08. The number of hydrogen-bond donors (Lipinski definition) is 2. The van der Waals surface area contributed by atoms with E-state index >= 15 is 0 Å². The zero-order valence-corrected chi connectivity index (χ0v) is 19.3. The third kappa shape index (κ3) is 5.63. The summed E-state index contributed by atoms with van der Waals surface area (Å²) < 4.78 is 34.1. The van der Waals surface area contributed by atoms with E-state index in [1.807, 2.05) is 0 Å². The molecule has 0 aliphatic rings. The Hall–Kier alpha value is -4.68. The number of sulfonamides is 1. The largest absolute Gasteiger partial charge is 0.481 e. The summed E-state index contributed by atoms with van der Waals surface area (Å²) in [4.78, 5) is 19.2. The van der Waals surface area contributed by atoms with Gasteiger partial charge in [0.05, 0.1) is 23.4 Å². The van der Waals surface area contributed by atoms with Gasteiger partial charge in [0.2, 0.25) is 5.88 Å². The average molecular weight is 486 g/mol. The van der Waals surface area contributed by atoms with Gasteiger partial charge in [-0.2, -0.15) is 0 Å².